The molecule has 0 saturated carbocycles. The Morgan fingerprint density at radius 1 is 0.900 bits per heavy atom. The second-order valence-corrected chi connectivity index (χ2v) is 7.98. The zero-order chi connectivity index (χ0) is 20.5. The molecule has 3 aromatic carbocycles. The molecule has 1 aromatic heterocycles. The highest BCUT2D eigenvalue weighted by atomic mass is 16.4. The summed E-state index contributed by atoms with van der Waals surface area (Å²) in [4.78, 5) is 19.9. The number of hydrogen-bond donors (Lipinski definition) is 2. The highest BCUT2D eigenvalue weighted by Gasteiger charge is 2.32. The Balaban J connectivity index is 1.32. The lowest BCUT2D eigenvalue weighted by atomic mass is 10.0. The molecule has 0 aliphatic carbocycles. The number of para-hydroxylation sites is 1. The molecule has 1 unspecified atom stereocenters. The number of aliphatic carboxylic acids is 1. The van der Waals surface area contributed by atoms with Crippen LogP contribution in [0.3, 0.4) is 0 Å². The Labute approximate surface area is 175 Å². The van der Waals surface area contributed by atoms with Gasteiger partial charge < -0.3 is 10.1 Å². The first kappa shape index (κ1) is 18.9. The first-order valence-electron chi connectivity index (χ1n) is 10.4. The van der Waals surface area contributed by atoms with Crippen LogP contribution in [-0.2, 0) is 11.3 Å². The summed E-state index contributed by atoms with van der Waals surface area (Å²) < 4.78 is 0. The van der Waals surface area contributed by atoms with Gasteiger partial charge in [-0.2, -0.15) is 0 Å². The van der Waals surface area contributed by atoms with Crippen LogP contribution in [0, 0.1) is 0 Å². The van der Waals surface area contributed by atoms with Crippen LogP contribution in [-0.4, -0.2) is 52.0 Å². The first-order valence-corrected chi connectivity index (χ1v) is 10.4. The molecular formula is C25H25N3O2. The molecule has 2 N–H and O–H groups in total. The number of nitrogens with one attached hydrogen (secondary N) is 1. The number of carboxylic acid groups (broad SMARTS) is 1. The van der Waals surface area contributed by atoms with E-state index in [1.807, 2.05) is 30.5 Å². The fourth-order valence-corrected chi connectivity index (χ4v) is 4.66. The van der Waals surface area contributed by atoms with Gasteiger partial charge in [0.15, 0.2) is 0 Å². The van der Waals surface area contributed by atoms with Crippen molar-refractivity contribution in [2.24, 2.45) is 0 Å². The Hall–Kier alpha value is -3.15. The van der Waals surface area contributed by atoms with Crippen molar-refractivity contribution in [2.45, 2.75) is 12.6 Å². The molecule has 0 bridgehead atoms. The fourth-order valence-electron chi connectivity index (χ4n) is 4.66. The topological polar surface area (TPSA) is 59.6 Å². The normalized spacial score (nSPS) is 16.8. The molecular weight excluding hydrogens is 374 g/mol. The molecule has 5 nitrogen and oxygen atoms in total. The zero-order valence-electron chi connectivity index (χ0n) is 16.8. The molecule has 4 aromatic rings. The highest BCUT2D eigenvalue weighted by Crippen LogP contribution is 2.30. The monoisotopic (exact) mass is 399 g/mol. The summed E-state index contributed by atoms with van der Waals surface area (Å²) in [6, 6.07) is 22.2. The van der Waals surface area contributed by atoms with Gasteiger partial charge in [-0.1, -0.05) is 60.7 Å². The number of benzene rings is 3. The standard InChI is InChI=1S/C25H25N3O2/c29-25(30)24(22-16-26-23-11-4-3-10-21(22)23)28-14-12-27(13-15-28)17-19-8-5-7-18-6-1-2-9-20(18)19/h1-11,16,24,26H,12-15,17H2,(H,29,30). The van der Waals surface area contributed by atoms with Crippen molar-refractivity contribution in [3.8, 4) is 0 Å². The number of nitrogens with zero attached hydrogens (tertiary/aromatic N) is 2. The van der Waals surface area contributed by atoms with Gasteiger partial charge in [0.25, 0.3) is 0 Å². The van der Waals surface area contributed by atoms with Crippen molar-refractivity contribution in [1.82, 2.24) is 14.8 Å². The predicted octanol–water partition coefficient (Wildman–Crippen LogP) is 4.26. The third-order valence-corrected chi connectivity index (χ3v) is 6.20. The van der Waals surface area contributed by atoms with Crippen LogP contribution in [0.2, 0.25) is 0 Å². The number of carbonyl (C=O) groups is 1. The number of H-pyrrole nitrogens is 1. The molecule has 5 rings (SSSR count). The van der Waals surface area contributed by atoms with E-state index in [-0.39, 0.29) is 0 Å². The summed E-state index contributed by atoms with van der Waals surface area (Å²) in [7, 11) is 0. The highest BCUT2D eigenvalue weighted by molar-refractivity contribution is 5.89. The number of hydrogen-bond acceptors (Lipinski definition) is 3. The first-order chi connectivity index (χ1) is 14.7. The summed E-state index contributed by atoms with van der Waals surface area (Å²) in [6.07, 6.45) is 1.85. The van der Waals surface area contributed by atoms with E-state index in [1.54, 1.807) is 0 Å². The zero-order valence-corrected chi connectivity index (χ0v) is 16.8. The van der Waals surface area contributed by atoms with Gasteiger partial charge in [-0.15, -0.1) is 0 Å². The largest absolute Gasteiger partial charge is 0.480 e. The lowest BCUT2D eigenvalue weighted by Crippen LogP contribution is -2.48. The maximum Gasteiger partial charge on any atom is 0.325 e. The molecule has 30 heavy (non-hydrogen) atoms. The van der Waals surface area contributed by atoms with Crippen molar-refractivity contribution in [3.05, 3.63) is 84.1 Å². The summed E-state index contributed by atoms with van der Waals surface area (Å²) >= 11 is 0. The van der Waals surface area contributed by atoms with Crippen LogP contribution < -0.4 is 0 Å². The Kier molecular flexibility index (Phi) is 4.99. The van der Waals surface area contributed by atoms with E-state index in [1.165, 1.54) is 16.3 Å². The van der Waals surface area contributed by atoms with Crippen LogP contribution >= 0.6 is 0 Å². The molecule has 1 fully saturated rings. The van der Waals surface area contributed by atoms with E-state index in [9.17, 15) is 9.90 Å². The van der Waals surface area contributed by atoms with Crippen LogP contribution in [0.1, 0.15) is 17.2 Å². The molecule has 0 spiro atoms. The van der Waals surface area contributed by atoms with Crippen molar-refractivity contribution in [2.75, 3.05) is 26.2 Å². The van der Waals surface area contributed by atoms with Crippen molar-refractivity contribution < 1.29 is 9.90 Å². The van der Waals surface area contributed by atoms with E-state index in [4.69, 9.17) is 0 Å². The Morgan fingerprint density at radius 2 is 1.60 bits per heavy atom. The van der Waals surface area contributed by atoms with Gasteiger partial charge in [0.1, 0.15) is 6.04 Å². The molecule has 5 heteroatoms. The number of rotatable bonds is 5. The van der Waals surface area contributed by atoms with E-state index < -0.39 is 12.0 Å². The number of fused-ring (bicyclic) bond motifs is 2. The molecule has 1 aliphatic rings. The van der Waals surface area contributed by atoms with Crippen LogP contribution in [0.25, 0.3) is 21.7 Å². The molecule has 1 saturated heterocycles. The van der Waals surface area contributed by atoms with E-state index in [0.717, 1.165) is 49.2 Å². The summed E-state index contributed by atoms with van der Waals surface area (Å²) in [6.45, 7) is 4.08. The molecule has 152 valence electrons. The molecule has 0 amide bonds. The third-order valence-electron chi connectivity index (χ3n) is 6.20. The molecule has 1 atom stereocenters. The van der Waals surface area contributed by atoms with E-state index >= 15 is 0 Å². The number of aromatic nitrogens is 1. The Bertz CT molecular complexity index is 1190. The Morgan fingerprint density at radius 3 is 2.40 bits per heavy atom. The SMILES string of the molecule is O=C(O)C(c1c[nH]c2ccccc12)N1CCN(Cc2cccc3ccccc23)CC1. The quantitative estimate of drug-likeness (QED) is 0.526. The average molecular weight is 399 g/mol. The fraction of sp³-hybridized carbons (Fsp3) is 0.240. The van der Waals surface area contributed by atoms with Crippen LogP contribution in [0.5, 0.6) is 0 Å². The van der Waals surface area contributed by atoms with Gasteiger partial charge in [-0.3, -0.25) is 14.6 Å². The smallest absolute Gasteiger partial charge is 0.325 e. The maximum atomic E-state index is 12.2. The third kappa shape index (κ3) is 3.47. The molecule has 2 heterocycles. The maximum absolute atomic E-state index is 12.2. The van der Waals surface area contributed by atoms with Crippen molar-refractivity contribution in [3.63, 3.8) is 0 Å². The van der Waals surface area contributed by atoms with Gasteiger partial charge in [0.05, 0.1) is 0 Å². The van der Waals surface area contributed by atoms with Gasteiger partial charge in [-0.25, -0.2) is 0 Å². The summed E-state index contributed by atoms with van der Waals surface area (Å²) in [5.74, 6) is -0.790. The lowest BCUT2D eigenvalue weighted by molar-refractivity contribution is -0.144. The van der Waals surface area contributed by atoms with Gasteiger partial charge in [0, 0.05) is 55.4 Å². The van der Waals surface area contributed by atoms with Gasteiger partial charge in [0.2, 0.25) is 0 Å². The summed E-state index contributed by atoms with van der Waals surface area (Å²) in [5, 5.41) is 13.6. The average Bonchev–Trinajstić information content (AvgIpc) is 3.19. The van der Waals surface area contributed by atoms with E-state index in [2.05, 4.69) is 57.2 Å². The second kappa shape index (κ2) is 7.94. The minimum Gasteiger partial charge on any atom is -0.480 e. The predicted molar refractivity (Wildman–Crippen MR) is 119 cm³/mol. The van der Waals surface area contributed by atoms with Crippen molar-refractivity contribution in [1.29, 1.82) is 0 Å². The minimum absolute atomic E-state index is 0.624. The number of aromatic amines is 1. The van der Waals surface area contributed by atoms with Gasteiger partial charge in [-0.05, 0) is 22.4 Å². The van der Waals surface area contributed by atoms with Gasteiger partial charge >= 0.3 is 5.97 Å². The summed E-state index contributed by atoms with van der Waals surface area (Å²) in [5.41, 5.74) is 3.15. The molecule has 1 aliphatic heterocycles. The van der Waals surface area contributed by atoms with E-state index in [0.29, 0.717) is 0 Å². The van der Waals surface area contributed by atoms with Crippen molar-refractivity contribution >= 4 is 27.6 Å². The second-order valence-electron chi connectivity index (χ2n) is 7.98. The number of piperazine rings is 1. The minimum atomic E-state index is -0.790. The van der Waals surface area contributed by atoms with Crippen LogP contribution in [0.15, 0.2) is 72.9 Å². The lowest BCUT2D eigenvalue weighted by Gasteiger charge is -2.37. The number of carboxylic acids is 1. The molecule has 0 radical (unpaired) electrons. The van der Waals surface area contributed by atoms with Crippen LogP contribution in [0.4, 0.5) is 0 Å².